The molecule has 10 heteroatoms. The van der Waals surface area contributed by atoms with Crippen LogP contribution in [0.15, 0.2) is 18.3 Å². The number of alkyl halides is 3. The molecule has 162 valence electrons. The second-order valence-electron chi connectivity index (χ2n) is 7.57. The Morgan fingerprint density at radius 3 is 2.67 bits per heavy atom. The zero-order valence-electron chi connectivity index (χ0n) is 16.7. The van der Waals surface area contributed by atoms with Crippen LogP contribution in [0.5, 0.6) is 5.75 Å². The quantitative estimate of drug-likeness (QED) is 0.676. The van der Waals surface area contributed by atoms with E-state index in [-0.39, 0.29) is 30.0 Å². The predicted octanol–water partition coefficient (Wildman–Crippen LogP) is 4.24. The Bertz CT molecular complexity index is 936. The van der Waals surface area contributed by atoms with E-state index < -0.39 is 17.6 Å². The number of methoxy groups -OCH3 is 1. The summed E-state index contributed by atoms with van der Waals surface area (Å²) in [4.78, 5) is 10.2. The molecule has 30 heavy (non-hydrogen) atoms. The lowest BCUT2D eigenvalue weighted by atomic mass is 9.85. The van der Waals surface area contributed by atoms with Gasteiger partial charge < -0.3 is 20.3 Å². The van der Waals surface area contributed by atoms with E-state index in [0.717, 1.165) is 37.8 Å². The van der Waals surface area contributed by atoms with Crippen LogP contribution in [-0.2, 0) is 6.18 Å². The summed E-state index contributed by atoms with van der Waals surface area (Å²) >= 11 is 0. The standard InChI is InChI=1S/C20H23F4N5O/c1-3-25-18-14(20(22,23)24)8-26-19(28-18)27-16-12(4-5-15(21)17(16)30-2)13-10-29-7-6-11(13)9-29/h4-5,8,11,13H,3,6-7,9-10H2,1-2H3,(H2,25,26,27,28). The molecular weight excluding hydrogens is 402 g/mol. The highest BCUT2D eigenvalue weighted by Gasteiger charge is 2.40. The third-order valence-corrected chi connectivity index (χ3v) is 5.75. The van der Waals surface area contributed by atoms with Gasteiger partial charge in [-0.3, -0.25) is 0 Å². The number of nitrogens with zero attached hydrogens (tertiary/aromatic N) is 3. The lowest BCUT2D eigenvalue weighted by Gasteiger charge is -2.26. The second kappa shape index (κ2) is 7.90. The van der Waals surface area contributed by atoms with Crippen molar-refractivity contribution in [2.24, 2.45) is 5.92 Å². The first-order chi connectivity index (χ1) is 14.3. The zero-order chi connectivity index (χ0) is 21.5. The van der Waals surface area contributed by atoms with Crippen LogP contribution in [0.1, 0.15) is 30.4 Å². The van der Waals surface area contributed by atoms with Crippen LogP contribution in [0.4, 0.5) is 35.0 Å². The van der Waals surface area contributed by atoms with E-state index in [4.69, 9.17) is 4.74 Å². The van der Waals surface area contributed by atoms with Gasteiger partial charge in [-0.15, -0.1) is 0 Å². The molecule has 1 aromatic carbocycles. The second-order valence-corrected chi connectivity index (χ2v) is 7.57. The number of fused-ring (bicyclic) bond motifs is 2. The first-order valence-electron chi connectivity index (χ1n) is 9.85. The van der Waals surface area contributed by atoms with Crippen molar-refractivity contribution >= 4 is 17.5 Å². The fourth-order valence-electron chi connectivity index (χ4n) is 4.41. The fraction of sp³-hybridized carbons (Fsp3) is 0.500. The molecule has 0 aliphatic carbocycles. The molecule has 3 heterocycles. The number of aromatic nitrogens is 2. The molecule has 0 saturated carbocycles. The van der Waals surface area contributed by atoms with Gasteiger partial charge in [0.1, 0.15) is 11.4 Å². The number of hydrogen-bond acceptors (Lipinski definition) is 6. The van der Waals surface area contributed by atoms with E-state index in [0.29, 0.717) is 11.6 Å². The van der Waals surface area contributed by atoms with Crippen LogP contribution in [0.3, 0.4) is 0 Å². The van der Waals surface area contributed by atoms with Gasteiger partial charge in [0, 0.05) is 31.7 Å². The summed E-state index contributed by atoms with van der Waals surface area (Å²) in [6, 6.07) is 3.07. The summed E-state index contributed by atoms with van der Waals surface area (Å²) < 4.78 is 59.5. The Morgan fingerprint density at radius 1 is 1.27 bits per heavy atom. The van der Waals surface area contributed by atoms with Gasteiger partial charge in [-0.1, -0.05) is 6.07 Å². The van der Waals surface area contributed by atoms with Crippen LogP contribution >= 0.6 is 0 Å². The Balaban J connectivity index is 1.73. The molecule has 0 spiro atoms. The molecule has 2 fully saturated rings. The van der Waals surface area contributed by atoms with Gasteiger partial charge in [0.25, 0.3) is 0 Å². The van der Waals surface area contributed by atoms with Gasteiger partial charge in [-0.25, -0.2) is 9.37 Å². The van der Waals surface area contributed by atoms with Crippen LogP contribution < -0.4 is 15.4 Å². The van der Waals surface area contributed by atoms with E-state index in [1.807, 2.05) is 0 Å². The predicted molar refractivity (Wildman–Crippen MR) is 105 cm³/mol. The molecule has 0 radical (unpaired) electrons. The highest BCUT2D eigenvalue weighted by Crippen LogP contribution is 2.46. The molecule has 3 unspecified atom stereocenters. The largest absolute Gasteiger partial charge is 0.492 e. The van der Waals surface area contributed by atoms with Gasteiger partial charge in [0.2, 0.25) is 5.95 Å². The summed E-state index contributed by atoms with van der Waals surface area (Å²) in [5, 5.41) is 5.55. The third-order valence-electron chi connectivity index (χ3n) is 5.75. The lowest BCUT2D eigenvalue weighted by molar-refractivity contribution is -0.137. The summed E-state index contributed by atoms with van der Waals surface area (Å²) in [6.07, 6.45) is -2.80. The lowest BCUT2D eigenvalue weighted by Crippen LogP contribution is -2.23. The van der Waals surface area contributed by atoms with E-state index in [1.54, 1.807) is 13.0 Å². The van der Waals surface area contributed by atoms with Crippen molar-refractivity contribution in [3.05, 3.63) is 35.3 Å². The average Bonchev–Trinajstić information content (AvgIpc) is 3.31. The number of benzene rings is 1. The van der Waals surface area contributed by atoms with Crippen LogP contribution in [0.25, 0.3) is 0 Å². The molecule has 2 aliphatic heterocycles. The maximum Gasteiger partial charge on any atom is 0.421 e. The maximum atomic E-state index is 14.5. The summed E-state index contributed by atoms with van der Waals surface area (Å²) in [5.74, 6) is -0.326. The monoisotopic (exact) mass is 425 g/mol. The molecule has 3 atom stereocenters. The van der Waals surface area contributed by atoms with E-state index in [1.165, 1.54) is 13.2 Å². The molecule has 2 saturated heterocycles. The Labute approximate surface area is 171 Å². The van der Waals surface area contributed by atoms with Crippen molar-refractivity contribution in [2.45, 2.75) is 25.4 Å². The molecule has 2 bridgehead atoms. The molecule has 2 aromatic rings. The van der Waals surface area contributed by atoms with Crippen molar-refractivity contribution in [3.8, 4) is 5.75 Å². The number of halogens is 4. The normalized spacial score (nSPS) is 22.9. The molecule has 2 aliphatic rings. The number of nitrogens with one attached hydrogen (secondary N) is 2. The average molecular weight is 425 g/mol. The van der Waals surface area contributed by atoms with Crippen molar-refractivity contribution in [3.63, 3.8) is 0 Å². The molecule has 6 nitrogen and oxygen atoms in total. The van der Waals surface area contributed by atoms with Crippen LogP contribution in [0, 0.1) is 11.7 Å². The maximum absolute atomic E-state index is 14.5. The minimum atomic E-state index is -4.59. The number of anilines is 3. The first kappa shape index (κ1) is 20.6. The Morgan fingerprint density at radius 2 is 2.07 bits per heavy atom. The van der Waals surface area contributed by atoms with Gasteiger partial charge >= 0.3 is 6.18 Å². The summed E-state index contributed by atoms with van der Waals surface area (Å²) in [7, 11) is 1.36. The van der Waals surface area contributed by atoms with Crippen LogP contribution in [0.2, 0.25) is 0 Å². The van der Waals surface area contributed by atoms with Crippen molar-refractivity contribution in [2.75, 3.05) is 43.9 Å². The van der Waals surface area contributed by atoms with Crippen molar-refractivity contribution in [1.82, 2.24) is 14.9 Å². The van der Waals surface area contributed by atoms with E-state index in [9.17, 15) is 17.6 Å². The van der Waals surface area contributed by atoms with Gasteiger partial charge in [0.05, 0.1) is 12.8 Å². The number of rotatable bonds is 6. The van der Waals surface area contributed by atoms with E-state index in [2.05, 4.69) is 25.5 Å². The SMILES string of the molecule is CCNc1nc(Nc2c(C3CN4CCC3C4)ccc(F)c2OC)ncc1C(F)(F)F. The number of hydrogen-bond donors (Lipinski definition) is 2. The summed E-state index contributed by atoms with van der Waals surface area (Å²) in [5.41, 5.74) is 0.259. The third kappa shape index (κ3) is 3.76. The highest BCUT2D eigenvalue weighted by atomic mass is 19.4. The Hall–Kier alpha value is -2.62. The van der Waals surface area contributed by atoms with Crippen molar-refractivity contribution < 1.29 is 22.3 Å². The van der Waals surface area contributed by atoms with E-state index >= 15 is 0 Å². The Kier molecular flexibility index (Phi) is 5.44. The van der Waals surface area contributed by atoms with Crippen molar-refractivity contribution in [1.29, 1.82) is 0 Å². The van der Waals surface area contributed by atoms with Gasteiger partial charge in [-0.05, 0) is 37.4 Å². The molecule has 1 aromatic heterocycles. The zero-order valence-corrected chi connectivity index (χ0v) is 16.7. The van der Waals surface area contributed by atoms with Gasteiger partial charge in [0.15, 0.2) is 11.6 Å². The molecule has 0 amide bonds. The fourth-order valence-corrected chi connectivity index (χ4v) is 4.41. The topological polar surface area (TPSA) is 62.3 Å². The molecule has 4 rings (SSSR count). The smallest absolute Gasteiger partial charge is 0.421 e. The highest BCUT2D eigenvalue weighted by molar-refractivity contribution is 5.69. The minimum absolute atomic E-state index is 0.00114. The van der Waals surface area contributed by atoms with Crippen LogP contribution in [-0.4, -0.2) is 48.2 Å². The summed E-state index contributed by atoms with van der Waals surface area (Å²) in [6.45, 7) is 4.83. The minimum Gasteiger partial charge on any atom is -0.492 e. The first-order valence-corrected chi connectivity index (χ1v) is 9.85. The molecule has 2 N–H and O–H groups in total. The van der Waals surface area contributed by atoms with Gasteiger partial charge in [-0.2, -0.15) is 18.2 Å². The number of ether oxygens (including phenoxy) is 1. The number of piperidine rings is 1. The molecular formula is C20H23F4N5O.